The normalized spacial score (nSPS) is 36.4. The molecule has 10 heteroatoms. The quantitative estimate of drug-likeness (QED) is 0.593. The van der Waals surface area contributed by atoms with Gasteiger partial charge >= 0.3 is 0 Å². The molecule has 30 heavy (non-hydrogen) atoms. The second kappa shape index (κ2) is 15.4. The van der Waals surface area contributed by atoms with Gasteiger partial charge in [0.2, 0.25) is 0 Å². The summed E-state index contributed by atoms with van der Waals surface area (Å²) >= 11 is 0. The number of fused-ring (bicyclic) bond motifs is 1. The Balaban J connectivity index is 2.08. The lowest BCUT2D eigenvalue weighted by Gasteiger charge is -2.48. The van der Waals surface area contributed by atoms with E-state index < -0.39 is 24.4 Å². The highest BCUT2D eigenvalue weighted by molar-refractivity contribution is 5.03. The number of hydrogen-bond donors (Lipinski definition) is 0. The maximum atomic E-state index is 6.16. The van der Waals surface area contributed by atoms with Crippen molar-refractivity contribution in [3.05, 3.63) is 0 Å². The van der Waals surface area contributed by atoms with Crippen LogP contribution >= 0.6 is 0 Å². The van der Waals surface area contributed by atoms with Crippen LogP contribution in [0.3, 0.4) is 0 Å². The molecule has 0 radical (unpaired) electrons. The van der Waals surface area contributed by atoms with Crippen LogP contribution in [-0.4, -0.2) is 131 Å². The summed E-state index contributed by atoms with van der Waals surface area (Å²) in [7, 11) is 6.49. The van der Waals surface area contributed by atoms with Crippen LogP contribution in [0.2, 0.25) is 0 Å². The third-order valence-electron chi connectivity index (χ3n) is 5.22. The van der Waals surface area contributed by atoms with Crippen molar-refractivity contribution in [1.82, 2.24) is 0 Å². The van der Waals surface area contributed by atoms with E-state index in [0.717, 1.165) is 0 Å². The van der Waals surface area contributed by atoms with Gasteiger partial charge in [0.15, 0.2) is 0 Å². The second-order valence-electron chi connectivity index (χ2n) is 6.92. The summed E-state index contributed by atoms with van der Waals surface area (Å²) < 4.78 is 57.3. The maximum absolute atomic E-state index is 6.16. The van der Waals surface area contributed by atoms with Gasteiger partial charge in [0.05, 0.1) is 66.1 Å². The van der Waals surface area contributed by atoms with Crippen molar-refractivity contribution in [2.24, 2.45) is 0 Å². The first-order valence-electron chi connectivity index (χ1n) is 10.4. The summed E-state index contributed by atoms with van der Waals surface area (Å²) in [5, 5.41) is 0. The Labute approximate surface area is 179 Å². The first kappa shape index (κ1) is 25.9. The lowest BCUT2D eigenvalue weighted by Crippen LogP contribution is -2.67. The van der Waals surface area contributed by atoms with Gasteiger partial charge in [-0.05, 0) is 0 Å². The fourth-order valence-electron chi connectivity index (χ4n) is 3.82. The first-order chi connectivity index (χ1) is 14.8. The Morgan fingerprint density at radius 3 is 0.933 bits per heavy atom. The lowest BCUT2D eigenvalue weighted by atomic mass is 9.84. The first-order valence-corrected chi connectivity index (χ1v) is 10.4. The summed E-state index contributed by atoms with van der Waals surface area (Å²) in [5.74, 6) is 0. The second-order valence-corrected chi connectivity index (χ2v) is 6.92. The number of ether oxygens (including phenoxy) is 10. The number of methoxy groups -OCH3 is 4. The van der Waals surface area contributed by atoms with E-state index in [2.05, 4.69) is 0 Å². The SMILES string of the molecule is CO[C@H]1[C@H](OC)[C@@H](OC)[C@@H]2OCCOCCOCCOCCOCCO[C@@H]2[C@@H]1OC. The zero-order chi connectivity index (χ0) is 21.6. The average Bonchev–Trinajstić information content (AvgIpc) is 2.77. The predicted octanol–water partition coefficient (Wildman–Crippen LogP) is -0.0896. The van der Waals surface area contributed by atoms with Gasteiger partial charge < -0.3 is 47.4 Å². The lowest BCUT2D eigenvalue weighted by molar-refractivity contribution is -0.268. The van der Waals surface area contributed by atoms with Gasteiger partial charge in [0, 0.05) is 28.4 Å². The van der Waals surface area contributed by atoms with Crippen molar-refractivity contribution < 1.29 is 47.4 Å². The van der Waals surface area contributed by atoms with E-state index in [4.69, 9.17) is 47.4 Å². The largest absolute Gasteiger partial charge is 0.377 e. The Kier molecular flexibility index (Phi) is 13.3. The predicted molar refractivity (Wildman–Crippen MR) is 106 cm³/mol. The van der Waals surface area contributed by atoms with Crippen molar-refractivity contribution in [1.29, 1.82) is 0 Å². The van der Waals surface area contributed by atoms with Crippen molar-refractivity contribution in [2.45, 2.75) is 36.6 Å². The van der Waals surface area contributed by atoms with Crippen LogP contribution in [0.1, 0.15) is 0 Å². The van der Waals surface area contributed by atoms with Gasteiger partial charge in [-0.25, -0.2) is 0 Å². The van der Waals surface area contributed by atoms with Gasteiger partial charge in [0.25, 0.3) is 0 Å². The fourth-order valence-corrected chi connectivity index (χ4v) is 3.82. The van der Waals surface area contributed by atoms with E-state index in [-0.39, 0.29) is 12.2 Å². The monoisotopic (exact) mass is 438 g/mol. The Bertz CT molecular complexity index is 388. The Morgan fingerprint density at radius 2 is 0.667 bits per heavy atom. The molecule has 1 saturated heterocycles. The zero-order valence-electron chi connectivity index (χ0n) is 18.6. The van der Waals surface area contributed by atoms with E-state index in [0.29, 0.717) is 66.1 Å². The van der Waals surface area contributed by atoms with Crippen molar-refractivity contribution in [3.63, 3.8) is 0 Å². The minimum atomic E-state index is -0.432. The molecule has 1 aliphatic heterocycles. The van der Waals surface area contributed by atoms with E-state index in [9.17, 15) is 0 Å². The highest BCUT2D eigenvalue weighted by Crippen LogP contribution is 2.32. The van der Waals surface area contributed by atoms with E-state index in [1.807, 2.05) is 0 Å². The minimum Gasteiger partial charge on any atom is -0.377 e. The van der Waals surface area contributed by atoms with Crippen LogP contribution in [-0.2, 0) is 47.4 Å². The van der Waals surface area contributed by atoms with Gasteiger partial charge in [-0.3, -0.25) is 0 Å². The molecule has 2 fully saturated rings. The van der Waals surface area contributed by atoms with Crippen LogP contribution in [0.4, 0.5) is 0 Å². The minimum absolute atomic E-state index is 0.370. The molecular formula is C20H38O10. The molecule has 0 aromatic rings. The summed E-state index contributed by atoms with van der Waals surface area (Å²) in [6.45, 7) is 4.61. The summed E-state index contributed by atoms with van der Waals surface area (Å²) in [6.07, 6.45) is -2.43. The molecule has 178 valence electrons. The molecule has 0 N–H and O–H groups in total. The van der Waals surface area contributed by atoms with Crippen LogP contribution in [0.25, 0.3) is 0 Å². The van der Waals surface area contributed by atoms with Crippen LogP contribution in [0.5, 0.6) is 0 Å². The van der Waals surface area contributed by atoms with Crippen LogP contribution in [0.15, 0.2) is 0 Å². The van der Waals surface area contributed by atoms with Gasteiger partial charge in [0.1, 0.15) is 36.6 Å². The number of rotatable bonds is 4. The summed E-state index contributed by atoms with van der Waals surface area (Å²) in [6, 6.07) is 0. The highest BCUT2D eigenvalue weighted by Gasteiger charge is 2.53. The van der Waals surface area contributed by atoms with Gasteiger partial charge in [-0.15, -0.1) is 0 Å². The van der Waals surface area contributed by atoms with Gasteiger partial charge in [-0.2, -0.15) is 0 Å². The molecule has 0 aromatic carbocycles. The molecule has 6 atom stereocenters. The molecule has 2 rings (SSSR count). The van der Waals surface area contributed by atoms with E-state index >= 15 is 0 Å². The maximum Gasteiger partial charge on any atom is 0.115 e. The van der Waals surface area contributed by atoms with Gasteiger partial charge in [-0.1, -0.05) is 0 Å². The Hall–Kier alpha value is -0.400. The standard InChI is InChI=1S/C20H38O10/c1-21-15-16(22-2)18(24-4)20-19(17(15)23-3)29-13-11-27-9-7-25-5-6-26-8-10-28-12-14-30-20/h15-20H,5-14H2,1-4H3/t15-,16-,17+,18+,19-,20+/m0/s1. The van der Waals surface area contributed by atoms with Crippen molar-refractivity contribution in [3.8, 4) is 0 Å². The molecule has 10 nitrogen and oxygen atoms in total. The molecular weight excluding hydrogens is 400 g/mol. The Morgan fingerprint density at radius 1 is 0.400 bits per heavy atom. The third kappa shape index (κ3) is 7.63. The fraction of sp³-hybridized carbons (Fsp3) is 1.00. The molecule has 0 unspecified atom stereocenters. The summed E-state index contributed by atoms with van der Waals surface area (Å²) in [5.41, 5.74) is 0. The molecule has 0 amide bonds. The van der Waals surface area contributed by atoms with E-state index in [1.165, 1.54) is 0 Å². The average molecular weight is 439 g/mol. The third-order valence-corrected chi connectivity index (χ3v) is 5.22. The molecule has 0 spiro atoms. The molecule has 0 bridgehead atoms. The number of hydrogen-bond acceptors (Lipinski definition) is 10. The summed E-state index contributed by atoms with van der Waals surface area (Å²) in [4.78, 5) is 0. The highest BCUT2D eigenvalue weighted by atomic mass is 16.6. The molecule has 2 aliphatic rings. The topological polar surface area (TPSA) is 92.3 Å². The van der Waals surface area contributed by atoms with Crippen LogP contribution < -0.4 is 0 Å². The molecule has 1 saturated carbocycles. The van der Waals surface area contributed by atoms with E-state index in [1.54, 1.807) is 28.4 Å². The smallest absolute Gasteiger partial charge is 0.115 e. The van der Waals surface area contributed by atoms with Crippen molar-refractivity contribution in [2.75, 3.05) is 94.5 Å². The van der Waals surface area contributed by atoms with Crippen LogP contribution in [0, 0.1) is 0 Å². The molecule has 1 heterocycles. The molecule has 0 aromatic heterocycles. The zero-order valence-corrected chi connectivity index (χ0v) is 18.6. The molecule has 1 aliphatic carbocycles. The van der Waals surface area contributed by atoms with Crippen molar-refractivity contribution >= 4 is 0 Å².